The van der Waals surface area contributed by atoms with E-state index in [4.69, 9.17) is 19.7 Å². The molecule has 1 aromatic carbocycles. The van der Waals surface area contributed by atoms with Crippen LogP contribution in [0.4, 0.5) is 17.5 Å². The molecule has 3 aliphatic heterocycles. The second-order valence-electron chi connectivity index (χ2n) is 17.8. The summed E-state index contributed by atoms with van der Waals surface area (Å²) in [4.78, 5) is 34.6. The summed E-state index contributed by atoms with van der Waals surface area (Å²) in [6.07, 6.45) is 6.57. The number of aryl methyl sites for hydroxylation is 2. The molecule has 10 heteroatoms. The van der Waals surface area contributed by atoms with Gasteiger partial charge in [0.15, 0.2) is 6.10 Å². The van der Waals surface area contributed by atoms with Crippen LogP contribution in [0.15, 0.2) is 30.5 Å². The van der Waals surface area contributed by atoms with Crippen LogP contribution in [-0.2, 0) is 22.5 Å². The van der Waals surface area contributed by atoms with Crippen LogP contribution in [0.1, 0.15) is 115 Å². The number of benzene rings is 1. The number of aliphatic hydroxyl groups is 1. The van der Waals surface area contributed by atoms with Gasteiger partial charge in [0.25, 0.3) is 0 Å². The number of nitrogens with zero attached hydrogens (tertiary/aromatic N) is 6. The Morgan fingerprint density at radius 3 is 2.25 bits per heavy atom. The van der Waals surface area contributed by atoms with Crippen molar-refractivity contribution in [3.63, 3.8) is 0 Å². The molecule has 0 bridgehead atoms. The lowest BCUT2D eigenvalue weighted by atomic mass is 9.81. The number of hydrogen-bond acceptors (Lipinski definition) is 9. The molecule has 282 valence electrons. The molecule has 5 heterocycles. The third-order valence-electron chi connectivity index (χ3n) is 11.1. The number of aromatic nitrogens is 3. The highest BCUT2D eigenvalue weighted by Crippen LogP contribution is 2.45. The third kappa shape index (κ3) is 8.71. The molecule has 10 nitrogen and oxygen atoms in total. The lowest BCUT2D eigenvalue weighted by Crippen LogP contribution is -2.39. The second-order valence-corrected chi connectivity index (χ2v) is 17.8. The van der Waals surface area contributed by atoms with Crippen molar-refractivity contribution in [2.45, 2.75) is 125 Å². The van der Waals surface area contributed by atoms with Gasteiger partial charge in [-0.05, 0) is 121 Å². The Bertz CT molecular complexity index is 1760. The average Bonchev–Trinajstić information content (AvgIpc) is 3.06. The number of carbonyl (C=O) groups is 1. The van der Waals surface area contributed by atoms with E-state index in [1.807, 2.05) is 60.7 Å². The molecule has 2 fully saturated rings. The van der Waals surface area contributed by atoms with E-state index >= 15 is 0 Å². The van der Waals surface area contributed by atoms with Crippen LogP contribution in [0.25, 0.3) is 11.1 Å². The number of carboxylic acids is 1. The van der Waals surface area contributed by atoms with Gasteiger partial charge < -0.3 is 29.6 Å². The summed E-state index contributed by atoms with van der Waals surface area (Å²) in [6.45, 7) is 23.2. The molecular weight excluding hydrogens is 652 g/mol. The van der Waals surface area contributed by atoms with Crippen molar-refractivity contribution in [2.75, 3.05) is 47.4 Å². The van der Waals surface area contributed by atoms with Crippen LogP contribution >= 0.6 is 0 Å². The van der Waals surface area contributed by atoms with Crippen LogP contribution in [0.3, 0.4) is 0 Å². The van der Waals surface area contributed by atoms with E-state index < -0.39 is 23.3 Å². The van der Waals surface area contributed by atoms with Crippen LogP contribution in [0.5, 0.6) is 0 Å². The van der Waals surface area contributed by atoms with Crippen LogP contribution < -0.4 is 14.7 Å². The second kappa shape index (κ2) is 14.6. The Morgan fingerprint density at radius 2 is 1.62 bits per heavy atom. The van der Waals surface area contributed by atoms with Gasteiger partial charge in [-0.1, -0.05) is 32.0 Å². The Morgan fingerprint density at radius 1 is 0.923 bits per heavy atom. The van der Waals surface area contributed by atoms with E-state index in [0.29, 0.717) is 17.2 Å². The van der Waals surface area contributed by atoms with Crippen molar-refractivity contribution >= 4 is 23.4 Å². The minimum Gasteiger partial charge on any atom is -0.479 e. The molecule has 0 spiro atoms. The number of fused-ring (bicyclic) bond motifs is 1. The number of piperidine rings is 2. The topological polar surface area (TPSA) is 115 Å². The maximum atomic E-state index is 12.9. The van der Waals surface area contributed by atoms with Gasteiger partial charge >= 0.3 is 5.97 Å². The van der Waals surface area contributed by atoms with Crippen molar-refractivity contribution in [2.24, 2.45) is 11.3 Å². The zero-order chi connectivity index (χ0) is 37.6. The minimum atomic E-state index is -1.14. The number of ether oxygens (including phenoxy) is 1. The van der Waals surface area contributed by atoms with E-state index in [1.165, 1.54) is 11.1 Å². The zero-order valence-corrected chi connectivity index (χ0v) is 32.9. The van der Waals surface area contributed by atoms with Crippen molar-refractivity contribution in [1.82, 2.24) is 15.0 Å². The molecule has 0 radical (unpaired) electrons. The van der Waals surface area contributed by atoms with Gasteiger partial charge in [0.05, 0.1) is 16.9 Å². The molecule has 0 saturated carbocycles. The highest BCUT2D eigenvalue weighted by molar-refractivity contribution is 5.88. The number of carboxylic acid groups (broad SMARTS) is 1. The van der Waals surface area contributed by atoms with Crippen molar-refractivity contribution in [3.8, 4) is 11.1 Å². The number of pyridine rings is 1. The molecule has 1 unspecified atom stereocenters. The number of rotatable bonds is 9. The summed E-state index contributed by atoms with van der Waals surface area (Å²) in [5.41, 5.74) is 6.74. The molecule has 0 aliphatic carbocycles. The van der Waals surface area contributed by atoms with Gasteiger partial charge in [0, 0.05) is 68.0 Å². The van der Waals surface area contributed by atoms with E-state index in [-0.39, 0.29) is 5.41 Å². The molecule has 2 saturated heterocycles. The first-order valence-electron chi connectivity index (χ1n) is 19.2. The van der Waals surface area contributed by atoms with Gasteiger partial charge in [0.2, 0.25) is 5.95 Å². The highest BCUT2D eigenvalue weighted by atomic mass is 16.5. The first-order chi connectivity index (χ1) is 24.4. The SMILES string of the molecule is Cc1nc(C)c(C(OC(C)(C)C)C(=O)O)c(N2CCC(C)(C)CC2)c1-c1ccc2c(c1)CCN(c1nccc(N3CCC(CC(C)(C)O)CC3)n1)C2. The summed E-state index contributed by atoms with van der Waals surface area (Å²) in [5, 5.41) is 20.9. The van der Waals surface area contributed by atoms with Crippen LogP contribution in [0.2, 0.25) is 0 Å². The van der Waals surface area contributed by atoms with Gasteiger partial charge in [-0.2, -0.15) is 4.98 Å². The Labute approximate surface area is 310 Å². The van der Waals surface area contributed by atoms with Crippen molar-refractivity contribution in [1.29, 1.82) is 0 Å². The fourth-order valence-corrected chi connectivity index (χ4v) is 8.37. The monoisotopic (exact) mass is 712 g/mol. The molecule has 3 aromatic rings. The molecule has 2 N–H and O–H groups in total. The Kier molecular flexibility index (Phi) is 10.6. The average molecular weight is 713 g/mol. The zero-order valence-electron chi connectivity index (χ0n) is 32.9. The fraction of sp³-hybridized carbons (Fsp3) is 0.619. The maximum Gasteiger partial charge on any atom is 0.337 e. The number of anilines is 3. The summed E-state index contributed by atoms with van der Waals surface area (Å²) < 4.78 is 6.29. The maximum absolute atomic E-state index is 12.9. The van der Waals surface area contributed by atoms with Gasteiger partial charge in [-0.3, -0.25) is 4.98 Å². The van der Waals surface area contributed by atoms with E-state index in [1.54, 1.807) is 0 Å². The standard InChI is InChI=1S/C42H60N6O4/c1-27-34(36(47-22-16-41(6,7)17-23-47)35(28(2)44-27)37(38(49)50)52-40(3,4)5)31-10-11-32-26-48(21-15-30(32)24-31)39-43-18-12-33(45-39)46-19-13-29(14-20-46)25-42(8,9)51/h10-12,18,24,29,37,51H,13-17,19-23,25-26H2,1-9H3,(H,49,50). The fourth-order valence-electron chi connectivity index (χ4n) is 8.37. The minimum absolute atomic E-state index is 0.234. The Hall–Kier alpha value is -3.76. The lowest BCUT2D eigenvalue weighted by Gasteiger charge is -2.41. The first kappa shape index (κ1) is 38.0. The predicted molar refractivity (Wildman–Crippen MR) is 208 cm³/mol. The molecule has 2 aromatic heterocycles. The summed E-state index contributed by atoms with van der Waals surface area (Å²) >= 11 is 0. The number of hydrogen-bond donors (Lipinski definition) is 2. The molecular formula is C42H60N6O4. The molecule has 0 amide bonds. The third-order valence-corrected chi connectivity index (χ3v) is 11.1. The molecule has 3 aliphatic rings. The molecule has 1 atom stereocenters. The summed E-state index contributed by atoms with van der Waals surface area (Å²) in [5.74, 6) is 1.25. The van der Waals surface area contributed by atoms with Gasteiger partial charge in [0.1, 0.15) is 5.82 Å². The van der Waals surface area contributed by atoms with E-state index in [9.17, 15) is 15.0 Å². The van der Waals surface area contributed by atoms with Gasteiger partial charge in [-0.25, -0.2) is 9.78 Å². The molecule has 6 rings (SSSR count). The van der Waals surface area contributed by atoms with Crippen molar-refractivity contribution in [3.05, 3.63) is 58.5 Å². The smallest absolute Gasteiger partial charge is 0.337 e. The lowest BCUT2D eigenvalue weighted by molar-refractivity contribution is -0.160. The van der Waals surface area contributed by atoms with Crippen molar-refractivity contribution < 1.29 is 19.7 Å². The summed E-state index contributed by atoms with van der Waals surface area (Å²) in [7, 11) is 0. The largest absolute Gasteiger partial charge is 0.479 e. The van der Waals surface area contributed by atoms with E-state index in [2.05, 4.69) is 46.7 Å². The predicted octanol–water partition coefficient (Wildman–Crippen LogP) is 7.66. The Balaban J connectivity index is 1.29. The molecule has 52 heavy (non-hydrogen) atoms. The highest BCUT2D eigenvalue weighted by Gasteiger charge is 2.37. The number of aliphatic carboxylic acids is 1. The first-order valence-corrected chi connectivity index (χ1v) is 19.2. The van der Waals surface area contributed by atoms with E-state index in [0.717, 1.165) is 112 Å². The summed E-state index contributed by atoms with van der Waals surface area (Å²) in [6, 6.07) is 8.70. The van der Waals surface area contributed by atoms with Crippen LogP contribution in [0, 0.1) is 25.2 Å². The van der Waals surface area contributed by atoms with Gasteiger partial charge in [-0.15, -0.1) is 0 Å². The quantitative estimate of drug-likeness (QED) is 0.229. The van der Waals surface area contributed by atoms with Crippen LogP contribution in [-0.4, -0.2) is 75.1 Å². The normalized spacial score (nSPS) is 19.1.